The van der Waals surface area contributed by atoms with Crippen LogP contribution in [-0.4, -0.2) is 20.1 Å². The van der Waals surface area contributed by atoms with Gasteiger partial charge in [-0.15, -0.1) is 0 Å². The van der Waals surface area contributed by atoms with Crippen molar-refractivity contribution in [2.75, 3.05) is 14.2 Å². The second-order valence-electron chi connectivity index (χ2n) is 5.33. The Kier molecular flexibility index (Phi) is 4.00. The van der Waals surface area contributed by atoms with Gasteiger partial charge in [0.1, 0.15) is 11.5 Å². The normalized spacial score (nSPS) is 16.0. The second-order valence-corrected chi connectivity index (χ2v) is 5.33. The molecule has 0 aliphatic heterocycles. The summed E-state index contributed by atoms with van der Waals surface area (Å²) in [6.07, 6.45) is 1.92. The van der Waals surface area contributed by atoms with E-state index in [-0.39, 0.29) is 11.9 Å². The van der Waals surface area contributed by atoms with E-state index in [1.54, 1.807) is 32.4 Å². The second kappa shape index (κ2) is 6.10. The Morgan fingerprint density at radius 2 is 1.95 bits per heavy atom. The summed E-state index contributed by atoms with van der Waals surface area (Å²) < 4.78 is 10.5. The zero-order valence-electron chi connectivity index (χ0n) is 12.8. The predicted octanol–water partition coefficient (Wildman–Crippen LogP) is 3.12. The van der Waals surface area contributed by atoms with Gasteiger partial charge in [-0.2, -0.15) is 0 Å². The van der Waals surface area contributed by atoms with E-state index in [1.165, 1.54) is 11.1 Å². The number of fused-ring (bicyclic) bond motifs is 1. The minimum absolute atomic E-state index is 0.0552. The number of nitrogens with one attached hydrogen (secondary N) is 1. The molecule has 4 nitrogen and oxygen atoms in total. The quantitative estimate of drug-likeness (QED) is 0.943. The number of aryl methyl sites for hydroxylation is 1. The molecule has 0 aromatic heterocycles. The summed E-state index contributed by atoms with van der Waals surface area (Å²) in [7, 11) is 3.14. The summed E-state index contributed by atoms with van der Waals surface area (Å²) >= 11 is 0. The maximum absolute atomic E-state index is 12.6. The Balaban J connectivity index is 1.84. The van der Waals surface area contributed by atoms with Crippen LogP contribution in [0, 0.1) is 0 Å². The van der Waals surface area contributed by atoms with Gasteiger partial charge in [-0.3, -0.25) is 4.79 Å². The van der Waals surface area contributed by atoms with Crippen molar-refractivity contribution in [3.63, 3.8) is 0 Å². The van der Waals surface area contributed by atoms with Gasteiger partial charge in [0.2, 0.25) is 0 Å². The average Bonchev–Trinajstić information content (AvgIpc) is 2.97. The van der Waals surface area contributed by atoms with Gasteiger partial charge in [-0.1, -0.05) is 24.3 Å². The highest BCUT2D eigenvalue weighted by atomic mass is 16.5. The summed E-state index contributed by atoms with van der Waals surface area (Å²) in [5.41, 5.74) is 3.01. The van der Waals surface area contributed by atoms with Crippen molar-refractivity contribution in [2.45, 2.75) is 18.9 Å². The molecule has 0 heterocycles. The van der Waals surface area contributed by atoms with Gasteiger partial charge in [0, 0.05) is 0 Å². The van der Waals surface area contributed by atoms with Crippen molar-refractivity contribution >= 4 is 5.91 Å². The van der Waals surface area contributed by atoms with E-state index >= 15 is 0 Å². The topological polar surface area (TPSA) is 47.6 Å². The standard InChI is InChI=1S/C18H19NO3/c1-21-13-8-10-17(22-2)15(11-13)18(20)19-16-9-7-12-5-3-4-6-14(12)16/h3-6,8,10-11,16H,7,9H2,1-2H3,(H,19,20). The van der Waals surface area contributed by atoms with Crippen LogP contribution < -0.4 is 14.8 Å². The fourth-order valence-corrected chi connectivity index (χ4v) is 2.93. The van der Waals surface area contributed by atoms with E-state index in [1.807, 2.05) is 12.1 Å². The summed E-state index contributed by atoms with van der Waals surface area (Å²) in [4.78, 5) is 12.6. The molecule has 1 unspecified atom stereocenters. The van der Waals surface area contributed by atoms with Crippen LogP contribution in [0.4, 0.5) is 0 Å². The van der Waals surface area contributed by atoms with Gasteiger partial charge in [0.05, 0.1) is 25.8 Å². The van der Waals surface area contributed by atoms with Crippen molar-refractivity contribution in [2.24, 2.45) is 0 Å². The molecular formula is C18H19NO3. The van der Waals surface area contributed by atoms with E-state index in [0.717, 1.165) is 12.8 Å². The first kappa shape index (κ1) is 14.4. The van der Waals surface area contributed by atoms with Crippen LogP contribution in [0.25, 0.3) is 0 Å². The molecule has 1 aliphatic carbocycles. The zero-order valence-corrected chi connectivity index (χ0v) is 12.8. The lowest BCUT2D eigenvalue weighted by Crippen LogP contribution is -2.27. The van der Waals surface area contributed by atoms with Crippen LogP contribution in [0.2, 0.25) is 0 Å². The molecule has 0 bridgehead atoms. The van der Waals surface area contributed by atoms with Gasteiger partial charge in [0.25, 0.3) is 5.91 Å². The molecule has 1 N–H and O–H groups in total. The highest BCUT2D eigenvalue weighted by molar-refractivity contribution is 5.97. The first-order valence-corrected chi connectivity index (χ1v) is 7.33. The Bertz CT molecular complexity index is 696. The average molecular weight is 297 g/mol. The molecule has 4 heteroatoms. The number of ether oxygens (including phenoxy) is 2. The summed E-state index contributed by atoms with van der Waals surface area (Å²) in [6, 6.07) is 13.5. The summed E-state index contributed by atoms with van der Waals surface area (Å²) in [6.45, 7) is 0. The lowest BCUT2D eigenvalue weighted by molar-refractivity contribution is 0.0933. The number of methoxy groups -OCH3 is 2. The maximum Gasteiger partial charge on any atom is 0.255 e. The molecule has 0 saturated carbocycles. The van der Waals surface area contributed by atoms with E-state index in [0.29, 0.717) is 17.1 Å². The molecule has 0 spiro atoms. The molecule has 3 rings (SSSR count). The molecule has 1 amide bonds. The SMILES string of the molecule is COc1ccc(OC)c(C(=O)NC2CCc3ccccc32)c1. The lowest BCUT2D eigenvalue weighted by atomic mass is 10.1. The highest BCUT2D eigenvalue weighted by Crippen LogP contribution is 2.32. The molecular weight excluding hydrogens is 278 g/mol. The van der Waals surface area contributed by atoms with Crippen molar-refractivity contribution < 1.29 is 14.3 Å². The third-order valence-corrected chi connectivity index (χ3v) is 4.09. The molecule has 22 heavy (non-hydrogen) atoms. The van der Waals surface area contributed by atoms with E-state index in [9.17, 15) is 4.79 Å². The molecule has 1 aliphatic rings. The van der Waals surface area contributed by atoms with E-state index in [2.05, 4.69) is 17.4 Å². The van der Waals surface area contributed by atoms with Crippen LogP contribution in [-0.2, 0) is 6.42 Å². The maximum atomic E-state index is 12.6. The molecule has 2 aromatic rings. The Morgan fingerprint density at radius 1 is 1.14 bits per heavy atom. The minimum Gasteiger partial charge on any atom is -0.497 e. The fraction of sp³-hybridized carbons (Fsp3) is 0.278. The number of amides is 1. The number of hydrogen-bond acceptors (Lipinski definition) is 3. The van der Waals surface area contributed by atoms with Crippen molar-refractivity contribution in [1.29, 1.82) is 0 Å². The molecule has 0 fully saturated rings. The van der Waals surface area contributed by atoms with Gasteiger partial charge in [-0.25, -0.2) is 0 Å². The third kappa shape index (κ3) is 2.64. The number of benzene rings is 2. The molecule has 0 saturated heterocycles. The van der Waals surface area contributed by atoms with Gasteiger partial charge in [-0.05, 0) is 42.2 Å². The summed E-state index contributed by atoms with van der Waals surface area (Å²) in [5, 5.41) is 3.10. The fourth-order valence-electron chi connectivity index (χ4n) is 2.93. The molecule has 0 radical (unpaired) electrons. The molecule has 114 valence electrons. The van der Waals surface area contributed by atoms with Crippen LogP contribution in [0.15, 0.2) is 42.5 Å². The van der Waals surface area contributed by atoms with Crippen molar-refractivity contribution in [3.05, 3.63) is 59.2 Å². The van der Waals surface area contributed by atoms with Crippen LogP contribution in [0.1, 0.15) is 33.9 Å². The zero-order chi connectivity index (χ0) is 15.5. The van der Waals surface area contributed by atoms with E-state index < -0.39 is 0 Å². The predicted molar refractivity (Wildman–Crippen MR) is 84.5 cm³/mol. The first-order chi connectivity index (χ1) is 10.7. The van der Waals surface area contributed by atoms with Crippen LogP contribution in [0.3, 0.4) is 0 Å². The Morgan fingerprint density at radius 3 is 2.73 bits per heavy atom. The van der Waals surface area contributed by atoms with E-state index in [4.69, 9.17) is 9.47 Å². The van der Waals surface area contributed by atoms with Gasteiger partial charge in [0.15, 0.2) is 0 Å². The van der Waals surface area contributed by atoms with Crippen LogP contribution in [0.5, 0.6) is 11.5 Å². The number of hydrogen-bond donors (Lipinski definition) is 1. The largest absolute Gasteiger partial charge is 0.497 e. The molecule has 1 atom stereocenters. The lowest BCUT2D eigenvalue weighted by Gasteiger charge is -2.16. The Labute approximate surface area is 130 Å². The molecule has 2 aromatic carbocycles. The number of carbonyl (C=O) groups excluding carboxylic acids is 1. The smallest absolute Gasteiger partial charge is 0.255 e. The Hall–Kier alpha value is -2.49. The summed E-state index contributed by atoms with van der Waals surface area (Å²) in [5.74, 6) is 1.04. The third-order valence-electron chi connectivity index (χ3n) is 4.09. The number of carbonyl (C=O) groups is 1. The number of rotatable bonds is 4. The van der Waals surface area contributed by atoms with Crippen molar-refractivity contribution in [1.82, 2.24) is 5.32 Å². The van der Waals surface area contributed by atoms with Gasteiger partial charge >= 0.3 is 0 Å². The first-order valence-electron chi connectivity index (χ1n) is 7.33. The van der Waals surface area contributed by atoms with Gasteiger partial charge < -0.3 is 14.8 Å². The monoisotopic (exact) mass is 297 g/mol. The minimum atomic E-state index is -0.141. The van der Waals surface area contributed by atoms with Crippen molar-refractivity contribution in [3.8, 4) is 11.5 Å². The highest BCUT2D eigenvalue weighted by Gasteiger charge is 2.25. The van der Waals surface area contributed by atoms with Crippen LogP contribution >= 0.6 is 0 Å².